The van der Waals surface area contributed by atoms with Gasteiger partial charge >= 0.3 is 5.97 Å². The van der Waals surface area contributed by atoms with E-state index in [1.54, 1.807) is 24.3 Å². The molecule has 0 aromatic heterocycles. The molecule has 150 valence electrons. The molecule has 2 aromatic carbocycles. The minimum absolute atomic E-state index is 0.0501. The molecule has 0 radical (unpaired) electrons. The van der Waals surface area contributed by atoms with Crippen LogP contribution in [0.4, 0.5) is 0 Å². The van der Waals surface area contributed by atoms with Crippen LogP contribution >= 0.6 is 12.6 Å². The molecule has 0 spiro atoms. The zero-order valence-corrected chi connectivity index (χ0v) is 16.4. The summed E-state index contributed by atoms with van der Waals surface area (Å²) in [5, 5.41) is 17.3. The zero-order valence-electron chi connectivity index (χ0n) is 14.7. The summed E-state index contributed by atoms with van der Waals surface area (Å²) in [6.07, 6.45) is -0.274. The average molecular weight is 425 g/mol. The van der Waals surface area contributed by atoms with Crippen molar-refractivity contribution in [1.82, 2.24) is 9.79 Å². The van der Waals surface area contributed by atoms with Crippen LogP contribution in [0.25, 0.3) is 0 Å². The van der Waals surface area contributed by atoms with Gasteiger partial charge < -0.3 is 5.11 Å². The normalized spacial score (nSPS) is 12.5. The van der Waals surface area contributed by atoms with Crippen LogP contribution in [0.5, 0.6) is 0 Å². The highest BCUT2D eigenvalue weighted by atomic mass is 32.2. The molecule has 0 aliphatic carbocycles. The van der Waals surface area contributed by atoms with Crippen molar-refractivity contribution in [2.75, 3.05) is 13.1 Å². The summed E-state index contributed by atoms with van der Waals surface area (Å²) < 4.78 is 27.2. The van der Waals surface area contributed by atoms with Crippen molar-refractivity contribution in [2.24, 2.45) is 0 Å². The molecule has 3 N–H and O–H groups in total. The van der Waals surface area contributed by atoms with E-state index in [1.807, 2.05) is 6.07 Å². The lowest BCUT2D eigenvalue weighted by molar-refractivity contribution is -0.129. The zero-order chi connectivity index (χ0) is 20.7. The molecule has 0 aliphatic rings. The number of hydrogen-bond acceptors (Lipinski definition) is 6. The number of thiol groups is 1. The molecular formula is C18H20N2O6S2. The Morgan fingerprint density at radius 3 is 2.39 bits per heavy atom. The maximum atomic E-state index is 13.1. The lowest BCUT2D eigenvalue weighted by Gasteiger charge is -2.25. The number of hydroxylamine groups is 1. The van der Waals surface area contributed by atoms with Crippen LogP contribution in [0, 0.1) is 0 Å². The highest BCUT2D eigenvalue weighted by Gasteiger charge is 2.28. The summed E-state index contributed by atoms with van der Waals surface area (Å²) in [6.45, 7) is -0.263. The molecule has 0 saturated carbocycles. The van der Waals surface area contributed by atoms with Gasteiger partial charge in [0.05, 0.1) is 10.5 Å². The Morgan fingerprint density at radius 1 is 1.11 bits per heavy atom. The third-order valence-corrected chi connectivity index (χ3v) is 6.32. The minimum Gasteiger partial charge on any atom is -0.478 e. The van der Waals surface area contributed by atoms with Gasteiger partial charge in [0.15, 0.2) is 0 Å². The van der Waals surface area contributed by atoms with E-state index in [1.165, 1.54) is 23.7 Å². The van der Waals surface area contributed by atoms with Crippen molar-refractivity contribution in [2.45, 2.75) is 16.6 Å². The quantitative estimate of drug-likeness (QED) is 0.277. The first kappa shape index (κ1) is 21.9. The largest absolute Gasteiger partial charge is 0.478 e. The highest BCUT2D eigenvalue weighted by molar-refractivity contribution is 7.89. The lowest BCUT2D eigenvalue weighted by Crippen LogP contribution is -2.37. The van der Waals surface area contributed by atoms with Crippen molar-refractivity contribution in [3.8, 4) is 0 Å². The number of hydrogen-bond donors (Lipinski definition) is 4. The van der Waals surface area contributed by atoms with E-state index in [4.69, 9.17) is 10.3 Å². The van der Waals surface area contributed by atoms with Crippen molar-refractivity contribution in [1.29, 1.82) is 0 Å². The van der Waals surface area contributed by atoms with Crippen molar-refractivity contribution in [3.05, 3.63) is 65.7 Å². The molecule has 2 aromatic rings. The number of benzene rings is 2. The Labute approximate surface area is 168 Å². The maximum absolute atomic E-state index is 13.1. The van der Waals surface area contributed by atoms with Crippen LogP contribution < -0.4 is 5.48 Å². The van der Waals surface area contributed by atoms with E-state index in [9.17, 15) is 18.0 Å². The highest BCUT2D eigenvalue weighted by Crippen LogP contribution is 2.25. The molecule has 0 heterocycles. The molecule has 0 aliphatic heterocycles. The number of carboxylic acid groups (broad SMARTS) is 1. The standard InChI is InChI=1S/C18H20N2O6S2/c21-17(19-24)9-10-20(12-16(27)13-5-2-1-3-6-13)28(25,26)15-8-4-7-14(11-15)18(22)23/h1-8,11,16,24,27H,9-10,12H2,(H,19,21)(H,22,23). The third-order valence-electron chi connectivity index (χ3n) is 3.99. The summed E-state index contributed by atoms with van der Waals surface area (Å²) >= 11 is 4.47. The van der Waals surface area contributed by atoms with Gasteiger partial charge in [0.1, 0.15) is 0 Å². The number of carbonyl (C=O) groups is 2. The minimum atomic E-state index is -4.10. The maximum Gasteiger partial charge on any atom is 0.335 e. The fourth-order valence-corrected chi connectivity index (χ4v) is 4.49. The van der Waals surface area contributed by atoms with Crippen LogP contribution in [-0.4, -0.2) is 48.0 Å². The van der Waals surface area contributed by atoms with E-state index < -0.39 is 27.1 Å². The Kier molecular flexibility index (Phi) is 7.58. The van der Waals surface area contributed by atoms with E-state index in [0.29, 0.717) is 0 Å². The van der Waals surface area contributed by atoms with Gasteiger partial charge in [-0.2, -0.15) is 16.9 Å². The molecule has 8 nitrogen and oxygen atoms in total. The Bertz CT molecular complexity index is 934. The second-order valence-corrected chi connectivity index (χ2v) is 8.47. The first-order chi connectivity index (χ1) is 13.3. The summed E-state index contributed by atoms with van der Waals surface area (Å²) in [4.78, 5) is 22.4. The predicted octanol–water partition coefficient (Wildman–Crippen LogP) is 1.94. The number of carbonyl (C=O) groups excluding carboxylic acids is 1. The van der Waals surface area contributed by atoms with E-state index in [2.05, 4.69) is 12.6 Å². The number of rotatable bonds is 9. The Morgan fingerprint density at radius 2 is 1.79 bits per heavy atom. The average Bonchev–Trinajstić information content (AvgIpc) is 2.71. The summed E-state index contributed by atoms with van der Waals surface area (Å²) in [6, 6.07) is 14.0. The van der Waals surface area contributed by atoms with E-state index in [0.717, 1.165) is 15.9 Å². The van der Waals surface area contributed by atoms with Crippen LogP contribution in [0.15, 0.2) is 59.5 Å². The van der Waals surface area contributed by atoms with Gasteiger partial charge in [-0.1, -0.05) is 36.4 Å². The monoisotopic (exact) mass is 424 g/mol. The fourth-order valence-electron chi connectivity index (χ4n) is 2.50. The number of carboxylic acids is 1. The molecular weight excluding hydrogens is 404 g/mol. The first-order valence-corrected chi connectivity index (χ1v) is 10.2. The lowest BCUT2D eigenvalue weighted by atomic mass is 10.1. The van der Waals surface area contributed by atoms with Crippen molar-refractivity contribution >= 4 is 34.5 Å². The van der Waals surface area contributed by atoms with E-state index in [-0.39, 0.29) is 30.0 Å². The summed E-state index contributed by atoms with van der Waals surface area (Å²) in [5.41, 5.74) is 2.09. The summed E-state index contributed by atoms with van der Waals surface area (Å²) in [5.74, 6) is -1.99. The van der Waals surface area contributed by atoms with Gasteiger partial charge in [0.25, 0.3) is 0 Å². The number of sulfonamides is 1. The number of nitrogens with one attached hydrogen (secondary N) is 1. The first-order valence-electron chi connectivity index (χ1n) is 8.25. The Balaban J connectivity index is 2.34. The van der Waals surface area contributed by atoms with Crippen LogP contribution in [0.1, 0.15) is 27.6 Å². The fraction of sp³-hybridized carbons (Fsp3) is 0.222. The number of amides is 1. The molecule has 0 fully saturated rings. The molecule has 10 heteroatoms. The van der Waals surface area contributed by atoms with Crippen LogP contribution in [0.3, 0.4) is 0 Å². The number of aromatic carboxylic acids is 1. The van der Waals surface area contributed by atoms with Crippen LogP contribution in [-0.2, 0) is 14.8 Å². The van der Waals surface area contributed by atoms with Gasteiger partial charge in [-0.3, -0.25) is 10.0 Å². The second-order valence-electron chi connectivity index (χ2n) is 5.91. The van der Waals surface area contributed by atoms with Crippen molar-refractivity contribution < 1.29 is 28.3 Å². The SMILES string of the molecule is O=C(CCN(CC(S)c1ccccc1)S(=O)(=O)c1cccc(C(=O)O)c1)NO. The molecule has 28 heavy (non-hydrogen) atoms. The van der Waals surface area contributed by atoms with Gasteiger partial charge in [-0.25, -0.2) is 18.7 Å². The topological polar surface area (TPSA) is 124 Å². The Hall–Kier alpha value is -2.40. The van der Waals surface area contributed by atoms with E-state index >= 15 is 0 Å². The van der Waals surface area contributed by atoms with Crippen molar-refractivity contribution in [3.63, 3.8) is 0 Å². The predicted molar refractivity (Wildman–Crippen MR) is 105 cm³/mol. The second kappa shape index (κ2) is 9.69. The molecule has 1 unspecified atom stereocenters. The summed E-state index contributed by atoms with van der Waals surface area (Å²) in [7, 11) is -4.10. The van der Waals surface area contributed by atoms with Gasteiger partial charge in [0.2, 0.25) is 15.9 Å². The molecule has 1 atom stereocenters. The molecule has 0 saturated heterocycles. The molecule has 0 bridgehead atoms. The number of nitrogens with zero attached hydrogens (tertiary/aromatic N) is 1. The molecule has 1 amide bonds. The van der Waals surface area contributed by atoms with Gasteiger partial charge in [-0.05, 0) is 23.8 Å². The van der Waals surface area contributed by atoms with Crippen LogP contribution in [0.2, 0.25) is 0 Å². The third kappa shape index (κ3) is 5.55. The van der Waals surface area contributed by atoms with Gasteiger partial charge in [0, 0.05) is 24.8 Å². The smallest absolute Gasteiger partial charge is 0.335 e. The van der Waals surface area contributed by atoms with Gasteiger partial charge in [-0.15, -0.1) is 0 Å². The molecule has 2 rings (SSSR count).